The average molecular weight is 405 g/mol. The molecule has 2 aromatic carbocycles. The zero-order chi connectivity index (χ0) is 20.3. The van der Waals surface area contributed by atoms with E-state index in [4.69, 9.17) is 5.14 Å². The second-order valence-corrected chi connectivity index (χ2v) is 8.60. The molecular formula is C20H24FN3O3S. The molecule has 0 spiro atoms. The zero-order valence-corrected chi connectivity index (χ0v) is 16.5. The molecule has 2 aromatic rings. The molecule has 150 valence electrons. The normalized spacial score (nSPS) is 15.4. The Hall–Kier alpha value is -2.29. The van der Waals surface area contributed by atoms with Gasteiger partial charge in [0.25, 0.3) is 0 Å². The number of sulfonamides is 1. The molecule has 1 saturated carbocycles. The molecule has 1 fully saturated rings. The van der Waals surface area contributed by atoms with Crippen LogP contribution in [0.4, 0.5) is 10.1 Å². The lowest BCUT2D eigenvalue weighted by molar-refractivity contribution is -0.116. The molecule has 1 unspecified atom stereocenters. The summed E-state index contributed by atoms with van der Waals surface area (Å²) in [6, 6.07) is 12.7. The first-order chi connectivity index (χ1) is 13.3. The smallest absolute Gasteiger partial charge is 0.238 e. The molecule has 28 heavy (non-hydrogen) atoms. The molecule has 0 heterocycles. The van der Waals surface area contributed by atoms with Crippen LogP contribution >= 0.6 is 0 Å². The van der Waals surface area contributed by atoms with Crippen molar-refractivity contribution in [3.63, 3.8) is 0 Å². The summed E-state index contributed by atoms with van der Waals surface area (Å²) < 4.78 is 37.0. The second-order valence-electron chi connectivity index (χ2n) is 7.04. The van der Waals surface area contributed by atoms with E-state index in [1.807, 2.05) is 13.0 Å². The van der Waals surface area contributed by atoms with Crippen molar-refractivity contribution in [2.45, 2.75) is 43.2 Å². The summed E-state index contributed by atoms with van der Waals surface area (Å²) in [6.07, 6.45) is 2.29. The second kappa shape index (κ2) is 8.38. The van der Waals surface area contributed by atoms with Crippen LogP contribution < -0.4 is 10.5 Å². The van der Waals surface area contributed by atoms with Crippen LogP contribution in [0, 0.1) is 5.82 Å². The number of nitrogens with two attached hydrogens (primary N) is 1. The molecule has 0 aliphatic heterocycles. The highest BCUT2D eigenvalue weighted by atomic mass is 32.2. The molecule has 1 aliphatic carbocycles. The number of primary sulfonamides is 1. The topological polar surface area (TPSA) is 92.5 Å². The van der Waals surface area contributed by atoms with Crippen molar-refractivity contribution in [2.75, 3.05) is 11.9 Å². The number of nitrogens with zero attached hydrogens (tertiary/aromatic N) is 1. The number of carbonyl (C=O) groups is 1. The molecule has 6 nitrogen and oxygen atoms in total. The predicted molar refractivity (Wildman–Crippen MR) is 106 cm³/mol. The molecule has 1 atom stereocenters. The molecule has 0 radical (unpaired) electrons. The Balaban J connectivity index is 1.63. The third kappa shape index (κ3) is 5.15. The van der Waals surface area contributed by atoms with Crippen LogP contribution in [0.5, 0.6) is 0 Å². The van der Waals surface area contributed by atoms with Crippen molar-refractivity contribution < 1.29 is 17.6 Å². The fourth-order valence-electron chi connectivity index (χ4n) is 3.30. The lowest BCUT2D eigenvalue weighted by Gasteiger charge is -2.29. The number of hydrogen-bond acceptors (Lipinski definition) is 4. The number of benzene rings is 2. The summed E-state index contributed by atoms with van der Waals surface area (Å²) >= 11 is 0. The summed E-state index contributed by atoms with van der Waals surface area (Å²) in [5.41, 5.74) is 0.993. The van der Waals surface area contributed by atoms with Crippen molar-refractivity contribution in [1.82, 2.24) is 4.90 Å². The van der Waals surface area contributed by atoms with Gasteiger partial charge in [-0.15, -0.1) is 0 Å². The van der Waals surface area contributed by atoms with Crippen LogP contribution in [0.15, 0.2) is 53.4 Å². The lowest BCUT2D eigenvalue weighted by atomic mass is 10.1. The highest BCUT2D eigenvalue weighted by Gasteiger charge is 2.33. The standard InChI is InChI=1S/C20H24FN3O3S/c1-14(18-7-2-3-8-19(18)21)24(16-9-10-16)12-11-20(25)23-15-5-4-6-17(13-15)28(22,26)27/h2-8,13-14,16H,9-12H2,1H3,(H,23,25)(H2,22,26,27). The fraction of sp³-hybridized carbons (Fsp3) is 0.350. The summed E-state index contributed by atoms with van der Waals surface area (Å²) in [4.78, 5) is 14.4. The number of rotatable bonds is 8. The number of nitrogens with one attached hydrogen (secondary N) is 1. The van der Waals surface area contributed by atoms with Crippen LogP contribution in [0.1, 0.15) is 37.8 Å². The summed E-state index contributed by atoms with van der Waals surface area (Å²) in [5, 5.41) is 7.82. The van der Waals surface area contributed by atoms with Gasteiger partial charge in [0.15, 0.2) is 0 Å². The van der Waals surface area contributed by atoms with Crippen molar-refractivity contribution >= 4 is 21.6 Å². The Morgan fingerprint density at radius 3 is 2.61 bits per heavy atom. The van der Waals surface area contributed by atoms with Crippen LogP contribution in [0.2, 0.25) is 0 Å². The molecule has 0 bridgehead atoms. The molecule has 3 rings (SSSR count). The van der Waals surface area contributed by atoms with E-state index in [2.05, 4.69) is 10.2 Å². The van der Waals surface area contributed by atoms with Gasteiger partial charge >= 0.3 is 0 Å². The maximum Gasteiger partial charge on any atom is 0.238 e. The fourth-order valence-corrected chi connectivity index (χ4v) is 3.86. The number of anilines is 1. The first kappa shape index (κ1) is 20.4. The highest BCUT2D eigenvalue weighted by molar-refractivity contribution is 7.89. The summed E-state index contributed by atoms with van der Waals surface area (Å²) in [7, 11) is -3.83. The van der Waals surface area contributed by atoms with Crippen molar-refractivity contribution in [2.24, 2.45) is 5.14 Å². The number of halogens is 1. The van der Waals surface area contributed by atoms with Gasteiger partial charge in [-0.2, -0.15) is 0 Å². The van der Waals surface area contributed by atoms with E-state index >= 15 is 0 Å². The Morgan fingerprint density at radius 2 is 1.96 bits per heavy atom. The van der Waals surface area contributed by atoms with E-state index in [1.165, 1.54) is 24.3 Å². The molecule has 0 aromatic heterocycles. The van der Waals surface area contributed by atoms with Crippen LogP contribution in [-0.4, -0.2) is 31.8 Å². The van der Waals surface area contributed by atoms with Crippen molar-refractivity contribution in [3.05, 3.63) is 59.9 Å². The van der Waals surface area contributed by atoms with Gasteiger partial charge in [-0.3, -0.25) is 9.69 Å². The van der Waals surface area contributed by atoms with E-state index in [9.17, 15) is 17.6 Å². The molecule has 0 saturated heterocycles. The molecule has 8 heteroatoms. The third-order valence-electron chi connectivity index (χ3n) is 4.91. The van der Waals surface area contributed by atoms with Gasteiger partial charge in [-0.05, 0) is 44.0 Å². The SMILES string of the molecule is CC(c1ccccc1F)N(CCC(=O)Nc1cccc(S(N)(=O)=O)c1)C1CC1. The monoisotopic (exact) mass is 405 g/mol. The molecule has 1 amide bonds. The molecule has 3 N–H and O–H groups in total. The number of amides is 1. The van der Waals surface area contributed by atoms with Crippen molar-refractivity contribution in [3.8, 4) is 0 Å². The van der Waals surface area contributed by atoms with E-state index in [1.54, 1.807) is 18.2 Å². The van der Waals surface area contributed by atoms with Gasteiger partial charge in [0.05, 0.1) is 4.90 Å². The van der Waals surface area contributed by atoms with Gasteiger partial charge in [0, 0.05) is 36.3 Å². The highest BCUT2D eigenvalue weighted by Crippen LogP contribution is 2.35. The molecule has 1 aliphatic rings. The molecular weight excluding hydrogens is 381 g/mol. The van der Waals surface area contributed by atoms with Gasteiger partial charge < -0.3 is 5.32 Å². The van der Waals surface area contributed by atoms with Gasteiger partial charge in [-0.25, -0.2) is 17.9 Å². The van der Waals surface area contributed by atoms with E-state index in [0.29, 0.717) is 23.8 Å². The van der Waals surface area contributed by atoms with E-state index in [0.717, 1.165) is 12.8 Å². The van der Waals surface area contributed by atoms with Crippen LogP contribution in [0.25, 0.3) is 0 Å². The third-order valence-corrected chi connectivity index (χ3v) is 5.82. The average Bonchev–Trinajstić information content (AvgIpc) is 3.46. The first-order valence-corrected chi connectivity index (χ1v) is 10.7. The zero-order valence-electron chi connectivity index (χ0n) is 15.6. The number of hydrogen-bond donors (Lipinski definition) is 2. The number of carbonyl (C=O) groups excluding carboxylic acids is 1. The Labute approximate surface area is 164 Å². The van der Waals surface area contributed by atoms with Crippen LogP contribution in [0.3, 0.4) is 0 Å². The van der Waals surface area contributed by atoms with Crippen LogP contribution in [-0.2, 0) is 14.8 Å². The summed E-state index contributed by atoms with van der Waals surface area (Å²) in [5.74, 6) is -0.483. The quantitative estimate of drug-likeness (QED) is 0.706. The first-order valence-electron chi connectivity index (χ1n) is 9.18. The minimum absolute atomic E-state index is 0.0573. The van der Waals surface area contributed by atoms with Gasteiger partial charge in [0.2, 0.25) is 15.9 Å². The lowest BCUT2D eigenvalue weighted by Crippen LogP contribution is -2.33. The minimum Gasteiger partial charge on any atom is -0.326 e. The van der Waals surface area contributed by atoms with E-state index < -0.39 is 10.0 Å². The Morgan fingerprint density at radius 1 is 1.25 bits per heavy atom. The maximum absolute atomic E-state index is 14.1. The summed E-state index contributed by atoms with van der Waals surface area (Å²) in [6.45, 7) is 2.44. The minimum atomic E-state index is -3.83. The largest absolute Gasteiger partial charge is 0.326 e. The Bertz CT molecular complexity index is 961. The maximum atomic E-state index is 14.1. The van der Waals surface area contributed by atoms with Gasteiger partial charge in [0.1, 0.15) is 5.82 Å². The Kier molecular flexibility index (Phi) is 6.12. The van der Waals surface area contributed by atoms with E-state index in [-0.39, 0.29) is 29.1 Å². The van der Waals surface area contributed by atoms with Crippen molar-refractivity contribution in [1.29, 1.82) is 0 Å². The predicted octanol–water partition coefficient (Wildman–Crippen LogP) is 3.03. The van der Waals surface area contributed by atoms with Gasteiger partial charge in [-0.1, -0.05) is 24.3 Å².